The average molecular weight is 370 g/mol. The molecule has 136 valence electrons. The molecule has 6 heteroatoms. The van der Waals surface area contributed by atoms with Crippen LogP contribution in [0.15, 0.2) is 65.7 Å². The summed E-state index contributed by atoms with van der Waals surface area (Å²) in [6.45, 7) is 6.85. The van der Waals surface area contributed by atoms with Crippen LogP contribution in [-0.4, -0.2) is 29.8 Å². The molecule has 2 aromatic rings. The number of fused-ring (bicyclic) bond motifs is 1. The first-order valence-corrected chi connectivity index (χ1v) is 9.89. The summed E-state index contributed by atoms with van der Waals surface area (Å²) in [7, 11) is -4.48. The fourth-order valence-electron chi connectivity index (χ4n) is 3.40. The number of allylic oxidation sites excluding steroid dienone is 1. The summed E-state index contributed by atoms with van der Waals surface area (Å²) in [5.41, 5.74) is 3.39. The van der Waals surface area contributed by atoms with Crippen molar-refractivity contribution in [2.45, 2.75) is 31.1 Å². The largest absolute Gasteiger partial charge is 0.744 e. The van der Waals surface area contributed by atoms with Gasteiger partial charge in [-0.05, 0) is 45.0 Å². The summed E-state index contributed by atoms with van der Waals surface area (Å²) in [5, 5.41) is 3.24. The van der Waals surface area contributed by atoms with Crippen molar-refractivity contribution in [1.82, 2.24) is 0 Å². The van der Waals surface area contributed by atoms with E-state index in [0.29, 0.717) is 0 Å². The van der Waals surface area contributed by atoms with Crippen LogP contribution in [0, 0.1) is 0 Å². The lowest BCUT2D eigenvalue weighted by Crippen LogP contribution is -2.27. The van der Waals surface area contributed by atoms with Gasteiger partial charge in [-0.2, -0.15) is 4.58 Å². The molecule has 1 N–H and O–H groups in total. The maximum atomic E-state index is 11.4. The van der Waals surface area contributed by atoms with E-state index in [9.17, 15) is 13.0 Å². The molecule has 5 nitrogen and oxygen atoms in total. The predicted octanol–water partition coefficient (Wildman–Crippen LogP) is 3.61. The van der Waals surface area contributed by atoms with Gasteiger partial charge in [-0.1, -0.05) is 18.2 Å². The molecule has 0 amide bonds. The van der Waals surface area contributed by atoms with E-state index in [1.165, 1.54) is 12.1 Å². The Kier molecular flexibility index (Phi) is 4.73. The first-order valence-electron chi connectivity index (χ1n) is 8.48. The van der Waals surface area contributed by atoms with E-state index in [2.05, 4.69) is 9.89 Å². The number of hydrogen-bond donors (Lipinski definition) is 1. The van der Waals surface area contributed by atoms with Gasteiger partial charge in [0, 0.05) is 29.6 Å². The first kappa shape index (κ1) is 18.4. The van der Waals surface area contributed by atoms with Gasteiger partial charge in [-0.3, -0.25) is 0 Å². The van der Waals surface area contributed by atoms with Gasteiger partial charge in [0.05, 0.1) is 10.3 Å². The van der Waals surface area contributed by atoms with Crippen molar-refractivity contribution in [2.24, 2.45) is 0 Å². The highest BCUT2D eigenvalue weighted by Gasteiger charge is 2.44. The van der Waals surface area contributed by atoms with Gasteiger partial charge in [-0.15, -0.1) is 0 Å². The highest BCUT2D eigenvalue weighted by molar-refractivity contribution is 7.85. The van der Waals surface area contributed by atoms with Crippen LogP contribution in [0.1, 0.15) is 26.3 Å². The fraction of sp³-hybridized carbons (Fsp3) is 0.250. The summed E-state index contributed by atoms with van der Waals surface area (Å²) in [6.07, 6.45) is 3.88. The monoisotopic (exact) mass is 370 g/mol. The van der Waals surface area contributed by atoms with E-state index in [-0.39, 0.29) is 4.90 Å². The van der Waals surface area contributed by atoms with Crippen molar-refractivity contribution in [3.63, 3.8) is 0 Å². The Labute approximate surface area is 154 Å². The number of nitrogens with zero attached hydrogens (tertiary/aromatic N) is 1. The van der Waals surface area contributed by atoms with Crippen molar-refractivity contribution < 1.29 is 17.5 Å². The average Bonchev–Trinajstić information content (AvgIpc) is 2.82. The molecule has 1 heterocycles. The van der Waals surface area contributed by atoms with E-state index < -0.39 is 15.5 Å². The van der Waals surface area contributed by atoms with E-state index in [4.69, 9.17) is 0 Å². The summed E-state index contributed by atoms with van der Waals surface area (Å²) < 4.78 is 36.4. The van der Waals surface area contributed by atoms with Gasteiger partial charge in [0.15, 0.2) is 5.71 Å². The van der Waals surface area contributed by atoms with Gasteiger partial charge in [0.2, 0.25) is 5.69 Å². The molecule has 0 saturated heterocycles. The zero-order chi connectivity index (χ0) is 18.9. The summed E-state index contributed by atoms with van der Waals surface area (Å²) in [5.74, 6) is 0. The molecule has 0 saturated carbocycles. The lowest BCUT2D eigenvalue weighted by Gasteiger charge is -2.17. The Hall–Kier alpha value is -2.44. The summed E-state index contributed by atoms with van der Waals surface area (Å²) in [4.78, 5) is -0.187. The Morgan fingerprint density at radius 1 is 1.15 bits per heavy atom. The van der Waals surface area contributed by atoms with Crippen LogP contribution in [0.2, 0.25) is 0 Å². The van der Waals surface area contributed by atoms with E-state index in [1.807, 2.05) is 63.4 Å². The fourth-order valence-corrected chi connectivity index (χ4v) is 3.90. The van der Waals surface area contributed by atoms with Crippen molar-refractivity contribution in [1.29, 1.82) is 0 Å². The zero-order valence-corrected chi connectivity index (χ0v) is 15.9. The van der Waals surface area contributed by atoms with Crippen LogP contribution in [-0.2, 0) is 15.5 Å². The minimum Gasteiger partial charge on any atom is -0.744 e. The number of hydrogen-bond acceptors (Lipinski definition) is 4. The second-order valence-electron chi connectivity index (χ2n) is 6.73. The maximum absolute atomic E-state index is 11.4. The molecule has 0 atom stereocenters. The minimum absolute atomic E-state index is 0.187. The summed E-state index contributed by atoms with van der Waals surface area (Å²) >= 11 is 0. The molecule has 0 aliphatic carbocycles. The van der Waals surface area contributed by atoms with Crippen LogP contribution in [0.3, 0.4) is 0 Å². The molecule has 0 unspecified atom stereocenters. The molecule has 0 bridgehead atoms. The van der Waals surface area contributed by atoms with Crippen molar-refractivity contribution >= 4 is 27.2 Å². The molecule has 3 rings (SSSR count). The van der Waals surface area contributed by atoms with Gasteiger partial charge in [0.25, 0.3) is 0 Å². The van der Waals surface area contributed by atoms with Crippen LogP contribution in [0.25, 0.3) is 0 Å². The van der Waals surface area contributed by atoms with Crippen molar-refractivity contribution in [3.05, 3.63) is 66.4 Å². The molecular weight excluding hydrogens is 348 g/mol. The highest BCUT2D eigenvalue weighted by atomic mass is 32.2. The van der Waals surface area contributed by atoms with Crippen molar-refractivity contribution in [2.75, 3.05) is 11.9 Å². The molecule has 0 aromatic heterocycles. The molecule has 0 radical (unpaired) electrons. The van der Waals surface area contributed by atoms with Gasteiger partial charge >= 0.3 is 0 Å². The molecule has 2 aromatic carbocycles. The number of nitrogens with one attached hydrogen (secondary N) is 1. The van der Waals surface area contributed by atoms with Crippen LogP contribution in [0.5, 0.6) is 0 Å². The molecule has 26 heavy (non-hydrogen) atoms. The molecule has 1 aliphatic rings. The smallest absolute Gasteiger partial charge is 0.209 e. The van der Waals surface area contributed by atoms with Gasteiger partial charge in [0.1, 0.15) is 16.7 Å². The van der Waals surface area contributed by atoms with E-state index in [0.717, 1.165) is 29.2 Å². The lowest BCUT2D eigenvalue weighted by molar-refractivity contribution is -0.433. The second-order valence-corrected chi connectivity index (χ2v) is 8.11. The topological polar surface area (TPSA) is 72.2 Å². The van der Waals surface area contributed by atoms with Crippen LogP contribution in [0.4, 0.5) is 11.4 Å². The van der Waals surface area contributed by atoms with Crippen molar-refractivity contribution in [3.8, 4) is 0 Å². The Morgan fingerprint density at radius 2 is 1.85 bits per heavy atom. The molecule has 1 aliphatic heterocycles. The van der Waals surface area contributed by atoms with Gasteiger partial charge in [-0.25, -0.2) is 8.42 Å². The Bertz CT molecular complexity index is 991. The normalized spacial score (nSPS) is 16.2. The Morgan fingerprint density at radius 3 is 2.46 bits per heavy atom. The maximum Gasteiger partial charge on any atom is 0.209 e. The second kappa shape index (κ2) is 6.70. The third kappa shape index (κ3) is 3.30. The predicted molar refractivity (Wildman–Crippen MR) is 102 cm³/mol. The minimum atomic E-state index is -4.48. The molecular formula is C20H22N2O3S. The number of anilines is 1. The van der Waals surface area contributed by atoms with Crippen LogP contribution >= 0.6 is 0 Å². The highest BCUT2D eigenvalue weighted by Crippen LogP contribution is 2.41. The van der Waals surface area contributed by atoms with E-state index >= 15 is 0 Å². The molecule has 0 spiro atoms. The van der Waals surface area contributed by atoms with Crippen LogP contribution < -0.4 is 5.32 Å². The SMILES string of the molecule is CC[N+]1=C(C=CNc2ccccc2)C(C)(C)c2cc(S(=O)(=O)[O-])ccc21. The zero-order valence-electron chi connectivity index (χ0n) is 15.1. The standard InChI is InChI=1S/C20H22N2O3S/c1-4-22-18-11-10-16(26(23,24)25)14-17(18)20(2,3)19(22)12-13-21-15-8-6-5-7-9-15/h5-14H,4H2,1-3H3,(H,23,24,25). The number of para-hydroxylation sites is 1. The first-order chi connectivity index (χ1) is 12.2. The molecule has 0 fully saturated rings. The quantitative estimate of drug-likeness (QED) is 0.645. The lowest BCUT2D eigenvalue weighted by atomic mass is 9.81. The number of benzene rings is 2. The Balaban J connectivity index is 1.99. The van der Waals surface area contributed by atoms with E-state index in [1.54, 1.807) is 6.07 Å². The third-order valence-corrected chi connectivity index (χ3v) is 5.56. The third-order valence-electron chi connectivity index (χ3n) is 4.73. The summed E-state index contributed by atoms with van der Waals surface area (Å²) in [6, 6.07) is 14.4. The number of rotatable bonds is 5. The van der Waals surface area contributed by atoms with Gasteiger partial charge < -0.3 is 9.87 Å².